The highest BCUT2D eigenvalue weighted by Crippen LogP contribution is 2.05. The van der Waals surface area contributed by atoms with Crippen molar-refractivity contribution in [2.45, 2.75) is 59.3 Å². The smallest absolute Gasteiger partial charge is 0.132 e. The molecule has 0 saturated carbocycles. The quantitative estimate of drug-likeness (QED) is 0.421. The highest BCUT2D eigenvalue weighted by Gasteiger charge is 1.96. The van der Waals surface area contributed by atoms with Gasteiger partial charge < -0.3 is 0 Å². The van der Waals surface area contributed by atoms with Crippen LogP contribution in [0.4, 0.5) is 0 Å². The lowest BCUT2D eigenvalue weighted by Gasteiger charge is -1.98. The third-order valence-corrected chi connectivity index (χ3v) is 2.24. The van der Waals surface area contributed by atoms with Crippen LogP contribution in [0.15, 0.2) is 12.2 Å². The molecule has 1 nitrogen and oxygen atoms in total. The van der Waals surface area contributed by atoms with E-state index in [0.29, 0.717) is 12.2 Å². The third-order valence-electron chi connectivity index (χ3n) is 2.24. The van der Waals surface area contributed by atoms with Gasteiger partial charge in [0.05, 0.1) is 0 Å². The minimum absolute atomic E-state index is 0.399. The van der Waals surface area contributed by atoms with Gasteiger partial charge in [0.1, 0.15) is 5.78 Å². The van der Waals surface area contributed by atoms with Gasteiger partial charge in [-0.05, 0) is 31.6 Å². The van der Waals surface area contributed by atoms with E-state index in [1.54, 1.807) is 0 Å². The van der Waals surface area contributed by atoms with Gasteiger partial charge in [-0.3, -0.25) is 4.79 Å². The Morgan fingerprint density at radius 3 is 2.50 bits per heavy atom. The molecule has 0 rings (SSSR count). The fourth-order valence-electron chi connectivity index (χ4n) is 1.25. The molecule has 0 unspecified atom stereocenters. The number of carbonyl (C=O) groups excluding carboxylic acids is 1. The van der Waals surface area contributed by atoms with Crippen molar-refractivity contribution in [2.75, 3.05) is 0 Å². The minimum Gasteiger partial charge on any atom is -0.300 e. The summed E-state index contributed by atoms with van der Waals surface area (Å²) < 4.78 is 0. The SMILES string of the molecule is CCC(=O)CCCCC=CCC(C)C. The maximum Gasteiger partial charge on any atom is 0.132 e. The standard InChI is InChI=1S/C13H24O/c1-4-13(14)11-9-7-5-6-8-10-12(2)3/h6,8,12H,4-5,7,9-11H2,1-3H3. The highest BCUT2D eigenvalue weighted by atomic mass is 16.1. The van der Waals surface area contributed by atoms with Crippen molar-refractivity contribution < 1.29 is 4.79 Å². The average Bonchev–Trinajstić information content (AvgIpc) is 2.15. The predicted molar refractivity (Wildman–Crippen MR) is 62.4 cm³/mol. The first-order chi connectivity index (χ1) is 6.66. The van der Waals surface area contributed by atoms with E-state index in [-0.39, 0.29) is 0 Å². The topological polar surface area (TPSA) is 17.1 Å². The molecule has 0 aromatic rings. The molecule has 0 radical (unpaired) electrons. The number of unbranched alkanes of at least 4 members (excludes halogenated alkanes) is 2. The fourth-order valence-corrected chi connectivity index (χ4v) is 1.25. The molecule has 82 valence electrons. The average molecular weight is 196 g/mol. The Hall–Kier alpha value is -0.590. The second kappa shape index (κ2) is 8.98. The van der Waals surface area contributed by atoms with E-state index in [1.807, 2.05) is 6.92 Å². The van der Waals surface area contributed by atoms with Crippen LogP contribution in [0.3, 0.4) is 0 Å². The van der Waals surface area contributed by atoms with Crippen LogP contribution in [-0.4, -0.2) is 5.78 Å². The van der Waals surface area contributed by atoms with Gasteiger partial charge in [0.25, 0.3) is 0 Å². The zero-order chi connectivity index (χ0) is 10.8. The summed E-state index contributed by atoms with van der Waals surface area (Å²) in [6.07, 6.45) is 10.5. The zero-order valence-electron chi connectivity index (χ0n) is 9.88. The number of carbonyl (C=O) groups is 1. The molecule has 0 bridgehead atoms. The Morgan fingerprint density at radius 1 is 1.21 bits per heavy atom. The number of allylic oxidation sites excluding steroid dienone is 2. The molecule has 0 aromatic heterocycles. The van der Waals surface area contributed by atoms with Crippen LogP contribution < -0.4 is 0 Å². The zero-order valence-corrected chi connectivity index (χ0v) is 9.88. The molecule has 0 aliphatic heterocycles. The Morgan fingerprint density at radius 2 is 1.93 bits per heavy atom. The van der Waals surface area contributed by atoms with E-state index >= 15 is 0 Å². The van der Waals surface area contributed by atoms with Gasteiger partial charge >= 0.3 is 0 Å². The normalized spacial score (nSPS) is 11.4. The van der Waals surface area contributed by atoms with Crippen molar-refractivity contribution in [3.8, 4) is 0 Å². The lowest BCUT2D eigenvalue weighted by molar-refractivity contribution is -0.118. The molecule has 0 aliphatic rings. The first kappa shape index (κ1) is 13.4. The summed E-state index contributed by atoms with van der Waals surface area (Å²) in [5.74, 6) is 1.16. The van der Waals surface area contributed by atoms with Crippen LogP contribution in [0.5, 0.6) is 0 Å². The summed E-state index contributed by atoms with van der Waals surface area (Å²) in [6, 6.07) is 0. The second-order valence-corrected chi connectivity index (χ2v) is 4.24. The van der Waals surface area contributed by atoms with Crippen LogP contribution in [0.1, 0.15) is 59.3 Å². The van der Waals surface area contributed by atoms with Crippen LogP contribution >= 0.6 is 0 Å². The van der Waals surface area contributed by atoms with E-state index in [0.717, 1.165) is 31.6 Å². The van der Waals surface area contributed by atoms with Gasteiger partial charge in [-0.25, -0.2) is 0 Å². The Balaban J connectivity index is 3.21. The summed E-state index contributed by atoms with van der Waals surface area (Å²) in [6.45, 7) is 6.39. The Labute approximate surface area is 88.6 Å². The number of hydrogen-bond acceptors (Lipinski definition) is 1. The van der Waals surface area contributed by atoms with E-state index in [2.05, 4.69) is 26.0 Å². The monoisotopic (exact) mass is 196 g/mol. The van der Waals surface area contributed by atoms with Crippen LogP contribution in [0.2, 0.25) is 0 Å². The van der Waals surface area contributed by atoms with Crippen LogP contribution in [0, 0.1) is 5.92 Å². The van der Waals surface area contributed by atoms with E-state index in [4.69, 9.17) is 0 Å². The summed E-state index contributed by atoms with van der Waals surface area (Å²) in [7, 11) is 0. The minimum atomic E-state index is 0.399. The van der Waals surface area contributed by atoms with E-state index in [9.17, 15) is 4.79 Å². The van der Waals surface area contributed by atoms with Crippen molar-refractivity contribution in [1.29, 1.82) is 0 Å². The predicted octanol–water partition coefficient (Wildman–Crippen LogP) is 4.13. The largest absolute Gasteiger partial charge is 0.300 e. The molecule has 0 heterocycles. The molecule has 0 spiro atoms. The molecule has 0 fully saturated rings. The van der Waals surface area contributed by atoms with Crippen LogP contribution in [-0.2, 0) is 4.79 Å². The van der Waals surface area contributed by atoms with Crippen molar-refractivity contribution in [1.82, 2.24) is 0 Å². The third kappa shape index (κ3) is 9.50. The Bertz CT molecular complexity index is 168. The first-order valence-corrected chi connectivity index (χ1v) is 5.83. The summed E-state index contributed by atoms with van der Waals surface area (Å²) >= 11 is 0. The molecular weight excluding hydrogens is 172 g/mol. The molecule has 1 heteroatoms. The van der Waals surface area contributed by atoms with Crippen molar-refractivity contribution in [2.24, 2.45) is 5.92 Å². The molecule has 0 aliphatic carbocycles. The number of rotatable bonds is 8. The lowest BCUT2D eigenvalue weighted by atomic mass is 10.1. The van der Waals surface area contributed by atoms with Crippen molar-refractivity contribution in [3.05, 3.63) is 12.2 Å². The van der Waals surface area contributed by atoms with Gasteiger partial charge in [0.15, 0.2) is 0 Å². The molecule has 14 heavy (non-hydrogen) atoms. The van der Waals surface area contributed by atoms with E-state index in [1.165, 1.54) is 6.42 Å². The van der Waals surface area contributed by atoms with Gasteiger partial charge in [0.2, 0.25) is 0 Å². The van der Waals surface area contributed by atoms with E-state index < -0.39 is 0 Å². The number of Topliss-reactive ketones (excluding diaryl/α,β-unsaturated/α-hetero) is 1. The molecule has 0 atom stereocenters. The van der Waals surface area contributed by atoms with Gasteiger partial charge in [-0.15, -0.1) is 0 Å². The molecule has 0 amide bonds. The van der Waals surface area contributed by atoms with Gasteiger partial charge in [0, 0.05) is 12.8 Å². The number of hydrogen-bond donors (Lipinski definition) is 0. The van der Waals surface area contributed by atoms with Crippen molar-refractivity contribution in [3.63, 3.8) is 0 Å². The van der Waals surface area contributed by atoms with Crippen molar-refractivity contribution >= 4 is 5.78 Å². The van der Waals surface area contributed by atoms with Gasteiger partial charge in [-0.1, -0.05) is 32.9 Å². The molecule has 0 saturated heterocycles. The number of ketones is 1. The second-order valence-electron chi connectivity index (χ2n) is 4.24. The Kier molecular flexibility index (Phi) is 8.61. The molecule has 0 aromatic carbocycles. The van der Waals surface area contributed by atoms with Gasteiger partial charge in [-0.2, -0.15) is 0 Å². The summed E-state index contributed by atoms with van der Waals surface area (Å²) in [4.78, 5) is 11.0. The lowest BCUT2D eigenvalue weighted by Crippen LogP contribution is -1.93. The highest BCUT2D eigenvalue weighted by molar-refractivity contribution is 5.77. The summed E-state index contributed by atoms with van der Waals surface area (Å²) in [5.41, 5.74) is 0. The fraction of sp³-hybridized carbons (Fsp3) is 0.769. The first-order valence-electron chi connectivity index (χ1n) is 5.83. The molecular formula is C13H24O. The maximum atomic E-state index is 11.0. The summed E-state index contributed by atoms with van der Waals surface area (Å²) in [5, 5.41) is 0. The maximum absolute atomic E-state index is 11.0. The van der Waals surface area contributed by atoms with Crippen LogP contribution in [0.25, 0.3) is 0 Å². The molecule has 0 N–H and O–H groups in total.